The van der Waals surface area contributed by atoms with Crippen LogP contribution in [-0.4, -0.2) is 17.2 Å². The van der Waals surface area contributed by atoms with E-state index >= 15 is 0 Å². The van der Waals surface area contributed by atoms with Crippen molar-refractivity contribution in [2.24, 2.45) is 5.92 Å². The van der Waals surface area contributed by atoms with Gasteiger partial charge in [-0.05, 0) is 37.0 Å². The summed E-state index contributed by atoms with van der Waals surface area (Å²) in [5, 5.41) is 13.9. The Bertz CT molecular complexity index is 650. The second kappa shape index (κ2) is 6.32. The van der Waals surface area contributed by atoms with Gasteiger partial charge in [0.1, 0.15) is 0 Å². The molecule has 110 valence electrons. The van der Waals surface area contributed by atoms with E-state index in [0.29, 0.717) is 6.04 Å². The number of hydrogen-bond donors (Lipinski definition) is 1. The number of fused-ring (bicyclic) bond motifs is 1. The van der Waals surface area contributed by atoms with Gasteiger partial charge in [-0.25, -0.2) is 0 Å². The average Bonchev–Trinajstić information content (AvgIpc) is 2.92. The topological polar surface area (TPSA) is 40.8 Å². The lowest BCUT2D eigenvalue weighted by molar-refractivity contribution is 0.279. The second-order valence-electron chi connectivity index (χ2n) is 6.18. The van der Waals surface area contributed by atoms with E-state index in [2.05, 4.69) is 41.2 Å². The summed E-state index contributed by atoms with van der Waals surface area (Å²) in [6.07, 6.45) is 7.51. The van der Waals surface area contributed by atoms with Crippen molar-refractivity contribution >= 4 is 10.9 Å². The molecule has 1 aliphatic rings. The highest BCUT2D eigenvalue weighted by atomic mass is 15.0. The fourth-order valence-electron chi connectivity index (χ4n) is 3.51. The Labute approximate surface area is 126 Å². The zero-order chi connectivity index (χ0) is 14.7. The van der Waals surface area contributed by atoms with Crippen LogP contribution in [0.1, 0.15) is 38.2 Å². The van der Waals surface area contributed by atoms with Crippen molar-refractivity contribution in [3.05, 3.63) is 36.0 Å². The maximum atomic E-state index is 9.15. The van der Waals surface area contributed by atoms with Gasteiger partial charge in [0.15, 0.2) is 0 Å². The third-order valence-electron chi connectivity index (χ3n) is 4.80. The molecule has 1 heterocycles. The molecule has 2 atom stereocenters. The van der Waals surface area contributed by atoms with Gasteiger partial charge in [-0.3, -0.25) is 0 Å². The van der Waals surface area contributed by atoms with Crippen molar-refractivity contribution in [1.29, 1.82) is 5.26 Å². The highest BCUT2D eigenvalue weighted by Crippen LogP contribution is 2.24. The maximum Gasteiger partial charge on any atom is 0.0998 e. The number of nitrogens with zero attached hydrogens (tertiary/aromatic N) is 2. The van der Waals surface area contributed by atoms with Crippen molar-refractivity contribution in [1.82, 2.24) is 9.88 Å². The molecular formula is C18H23N3. The molecule has 1 aromatic heterocycles. The van der Waals surface area contributed by atoms with Crippen LogP contribution in [0, 0.1) is 17.2 Å². The van der Waals surface area contributed by atoms with Crippen molar-refractivity contribution < 1.29 is 0 Å². The van der Waals surface area contributed by atoms with E-state index < -0.39 is 0 Å². The Balaban J connectivity index is 1.65. The number of hydrogen-bond acceptors (Lipinski definition) is 2. The first-order valence-corrected chi connectivity index (χ1v) is 8.01. The van der Waals surface area contributed by atoms with Crippen LogP contribution in [-0.2, 0) is 6.54 Å². The largest absolute Gasteiger partial charge is 0.346 e. The summed E-state index contributed by atoms with van der Waals surface area (Å²) in [4.78, 5) is 0. The van der Waals surface area contributed by atoms with Gasteiger partial charge < -0.3 is 9.88 Å². The predicted molar refractivity (Wildman–Crippen MR) is 86.1 cm³/mol. The number of aromatic nitrogens is 1. The first-order valence-electron chi connectivity index (χ1n) is 8.01. The van der Waals surface area contributed by atoms with E-state index in [4.69, 9.17) is 5.26 Å². The quantitative estimate of drug-likeness (QED) is 0.928. The van der Waals surface area contributed by atoms with Crippen LogP contribution >= 0.6 is 0 Å². The minimum absolute atomic E-state index is 0.676. The van der Waals surface area contributed by atoms with Crippen LogP contribution in [0.25, 0.3) is 10.9 Å². The van der Waals surface area contributed by atoms with Crippen LogP contribution < -0.4 is 5.32 Å². The normalized spacial score (nSPS) is 22.3. The van der Waals surface area contributed by atoms with Gasteiger partial charge >= 0.3 is 0 Å². The van der Waals surface area contributed by atoms with E-state index in [-0.39, 0.29) is 0 Å². The highest BCUT2D eigenvalue weighted by molar-refractivity contribution is 5.85. The van der Waals surface area contributed by atoms with Gasteiger partial charge in [-0.15, -0.1) is 0 Å². The van der Waals surface area contributed by atoms with E-state index in [1.807, 2.05) is 12.1 Å². The number of rotatable bonds is 4. The van der Waals surface area contributed by atoms with Crippen LogP contribution in [0.5, 0.6) is 0 Å². The summed E-state index contributed by atoms with van der Waals surface area (Å²) in [6, 6.07) is 10.9. The Morgan fingerprint density at radius 2 is 2.14 bits per heavy atom. The van der Waals surface area contributed by atoms with E-state index in [1.165, 1.54) is 25.7 Å². The number of nitriles is 1. The molecule has 3 nitrogen and oxygen atoms in total. The fourth-order valence-corrected chi connectivity index (χ4v) is 3.51. The maximum absolute atomic E-state index is 9.15. The van der Waals surface area contributed by atoms with Gasteiger partial charge in [0, 0.05) is 36.2 Å². The smallest absolute Gasteiger partial charge is 0.0998 e. The molecule has 1 fully saturated rings. The first-order chi connectivity index (χ1) is 10.3. The lowest BCUT2D eigenvalue weighted by atomic mass is 9.86. The summed E-state index contributed by atoms with van der Waals surface area (Å²) in [5.74, 6) is 0.797. The molecule has 0 amide bonds. The molecule has 1 aliphatic carbocycles. The molecule has 1 aromatic carbocycles. The molecule has 1 saturated carbocycles. The number of benzene rings is 1. The molecule has 21 heavy (non-hydrogen) atoms. The molecule has 0 saturated heterocycles. The molecule has 0 spiro atoms. The molecule has 3 heteroatoms. The molecule has 2 unspecified atom stereocenters. The summed E-state index contributed by atoms with van der Waals surface area (Å²) < 4.78 is 2.25. The van der Waals surface area contributed by atoms with Gasteiger partial charge in [-0.2, -0.15) is 5.26 Å². The average molecular weight is 281 g/mol. The Hall–Kier alpha value is -1.79. The Morgan fingerprint density at radius 3 is 2.95 bits per heavy atom. The second-order valence-corrected chi connectivity index (χ2v) is 6.18. The summed E-state index contributed by atoms with van der Waals surface area (Å²) in [7, 11) is 0. The third-order valence-corrected chi connectivity index (χ3v) is 4.80. The fraction of sp³-hybridized carbons (Fsp3) is 0.500. The van der Waals surface area contributed by atoms with E-state index in [0.717, 1.165) is 35.5 Å². The Kier molecular flexibility index (Phi) is 4.26. The van der Waals surface area contributed by atoms with E-state index in [1.54, 1.807) is 0 Å². The summed E-state index contributed by atoms with van der Waals surface area (Å²) in [5.41, 5.74) is 1.92. The minimum Gasteiger partial charge on any atom is -0.346 e. The third kappa shape index (κ3) is 2.96. The monoisotopic (exact) mass is 281 g/mol. The Morgan fingerprint density at radius 1 is 1.29 bits per heavy atom. The van der Waals surface area contributed by atoms with Crippen molar-refractivity contribution in [2.45, 2.75) is 45.2 Å². The standard InChI is InChI=1S/C18H23N3/c1-14-5-2-3-7-17(14)20-10-12-21-11-9-16-15(13-19)6-4-8-18(16)21/h4,6,8-9,11,14,17,20H,2-3,5,7,10,12H2,1H3. The van der Waals surface area contributed by atoms with Crippen molar-refractivity contribution in [3.63, 3.8) is 0 Å². The zero-order valence-corrected chi connectivity index (χ0v) is 12.7. The lowest BCUT2D eigenvalue weighted by Gasteiger charge is -2.29. The minimum atomic E-state index is 0.676. The van der Waals surface area contributed by atoms with Gasteiger partial charge in [0.05, 0.1) is 11.6 Å². The van der Waals surface area contributed by atoms with Crippen LogP contribution in [0.15, 0.2) is 30.5 Å². The van der Waals surface area contributed by atoms with Crippen LogP contribution in [0.3, 0.4) is 0 Å². The predicted octanol–water partition coefficient (Wildman–Crippen LogP) is 3.68. The SMILES string of the molecule is CC1CCCCC1NCCn1ccc2c(C#N)cccc21. The van der Waals surface area contributed by atoms with Crippen LogP contribution in [0.2, 0.25) is 0 Å². The lowest BCUT2D eigenvalue weighted by Crippen LogP contribution is -2.38. The molecule has 0 radical (unpaired) electrons. The summed E-state index contributed by atoms with van der Waals surface area (Å²) >= 11 is 0. The van der Waals surface area contributed by atoms with E-state index in [9.17, 15) is 0 Å². The molecular weight excluding hydrogens is 258 g/mol. The molecule has 3 rings (SSSR count). The van der Waals surface area contributed by atoms with Crippen LogP contribution in [0.4, 0.5) is 0 Å². The molecule has 1 N–H and O–H groups in total. The molecule has 2 aromatic rings. The highest BCUT2D eigenvalue weighted by Gasteiger charge is 2.20. The van der Waals surface area contributed by atoms with Crippen molar-refractivity contribution in [2.75, 3.05) is 6.54 Å². The van der Waals surface area contributed by atoms with Gasteiger partial charge in [0.25, 0.3) is 0 Å². The van der Waals surface area contributed by atoms with Crippen molar-refractivity contribution in [3.8, 4) is 6.07 Å². The first kappa shape index (κ1) is 14.2. The van der Waals surface area contributed by atoms with Gasteiger partial charge in [-0.1, -0.05) is 25.8 Å². The molecule has 0 bridgehead atoms. The van der Waals surface area contributed by atoms with Gasteiger partial charge in [0.2, 0.25) is 0 Å². The molecule has 0 aliphatic heterocycles. The zero-order valence-electron chi connectivity index (χ0n) is 12.7. The number of nitrogens with one attached hydrogen (secondary N) is 1. The summed E-state index contributed by atoms with van der Waals surface area (Å²) in [6.45, 7) is 4.32.